The molecule has 8 heteroatoms. The zero-order valence-corrected chi connectivity index (χ0v) is 16.7. The van der Waals surface area contributed by atoms with Gasteiger partial charge in [0.05, 0.1) is 19.1 Å². The predicted octanol–water partition coefficient (Wildman–Crippen LogP) is 3.21. The molecule has 2 aromatic carbocycles. The van der Waals surface area contributed by atoms with Crippen LogP contribution in [0.4, 0.5) is 11.4 Å². The van der Waals surface area contributed by atoms with E-state index < -0.39 is 22.0 Å². The molecule has 0 saturated carbocycles. The Morgan fingerprint density at radius 3 is 2.38 bits per heavy atom. The minimum atomic E-state index is -3.66. The number of methoxy groups -OCH3 is 1. The SMILES string of the molecule is COc1ccc(N([C@H](C)C(=O)Nc2cccc(SC)c2)S(C)(=O)=O)cc1. The van der Waals surface area contributed by atoms with Crippen molar-refractivity contribution < 1.29 is 17.9 Å². The molecule has 140 valence electrons. The number of ether oxygens (including phenoxy) is 1. The van der Waals surface area contributed by atoms with E-state index >= 15 is 0 Å². The second-order valence-electron chi connectivity index (χ2n) is 5.65. The number of nitrogens with zero attached hydrogens (tertiary/aromatic N) is 1. The summed E-state index contributed by atoms with van der Waals surface area (Å²) in [6.45, 7) is 1.55. The molecular formula is C18H22N2O4S2. The van der Waals surface area contributed by atoms with Crippen LogP contribution < -0.4 is 14.4 Å². The Balaban J connectivity index is 2.27. The van der Waals surface area contributed by atoms with Gasteiger partial charge < -0.3 is 10.1 Å². The Hall–Kier alpha value is -2.19. The Morgan fingerprint density at radius 2 is 1.85 bits per heavy atom. The van der Waals surface area contributed by atoms with Gasteiger partial charge in [0.15, 0.2) is 0 Å². The molecule has 0 aliphatic rings. The van der Waals surface area contributed by atoms with Gasteiger partial charge in [-0.25, -0.2) is 8.42 Å². The van der Waals surface area contributed by atoms with Crippen LogP contribution in [0.25, 0.3) is 0 Å². The molecule has 0 fully saturated rings. The first-order chi connectivity index (χ1) is 12.3. The number of benzene rings is 2. The summed E-state index contributed by atoms with van der Waals surface area (Å²) >= 11 is 1.56. The summed E-state index contributed by atoms with van der Waals surface area (Å²) in [6, 6.07) is 13.0. The number of amides is 1. The van der Waals surface area contributed by atoms with E-state index in [1.54, 1.807) is 49.0 Å². The summed E-state index contributed by atoms with van der Waals surface area (Å²) in [4.78, 5) is 13.7. The van der Waals surface area contributed by atoms with E-state index in [4.69, 9.17) is 4.74 Å². The molecule has 0 radical (unpaired) electrons. The lowest BCUT2D eigenvalue weighted by Gasteiger charge is -2.28. The van der Waals surface area contributed by atoms with Crippen LogP contribution in [0.3, 0.4) is 0 Å². The van der Waals surface area contributed by atoms with Crippen LogP contribution in [0.5, 0.6) is 5.75 Å². The van der Waals surface area contributed by atoms with Crippen LogP contribution in [0.15, 0.2) is 53.4 Å². The van der Waals surface area contributed by atoms with Crippen molar-refractivity contribution in [1.82, 2.24) is 0 Å². The molecule has 6 nitrogen and oxygen atoms in total. The number of anilines is 2. The quantitative estimate of drug-likeness (QED) is 0.730. The molecule has 1 atom stereocenters. The van der Waals surface area contributed by atoms with Crippen LogP contribution >= 0.6 is 11.8 Å². The van der Waals surface area contributed by atoms with Crippen LogP contribution in [0.2, 0.25) is 0 Å². The van der Waals surface area contributed by atoms with E-state index in [0.717, 1.165) is 15.5 Å². The van der Waals surface area contributed by atoms with Crippen molar-refractivity contribution >= 4 is 39.1 Å². The third kappa shape index (κ3) is 4.92. The molecule has 0 aliphatic carbocycles. The fourth-order valence-electron chi connectivity index (χ4n) is 2.49. The molecule has 1 N–H and O–H groups in total. The number of carbonyl (C=O) groups excluding carboxylic acids is 1. The fraction of sp³-hybridized carbons (Fsp3) is 0.278. The fourth-order valence-corrected chi connectivity index (χ4v) is 4.12. The van der Waals surface area contributed by atoms with Gasteiger partial charge >= 0.3 is 0 Å². The average Bonchev–Trinajstić information content (AvgIpc) is 2.61. The van der Waals surface area contributed by atoms with Crippen LogP contribution in [0, 0.1) is 0 Å². The van der Waals surface area contributed by atoms with Gasteiger partial charge in [-0.3, -0.25) is 9.10 Å². The molecular weight excluding hydrogens is 372 g/mol. The summed E-state index contributed by atoms with van der Waals surface area (Å²) in [6.07, 6.45) is 3.02. The van der Waals surface area contributed by atoms with E-state index in [1.807, 2.05) is 24.5 Å². The van der Waals surface area contributed by atoms with Gasteiger partial charge in [0, 0.05) is 10.6 Å². The lowest BCUT2D eigenvalue weighted by atomic mass is 10.2. The van der Waals surface area contributed by atoms with E-state index in [-0.39, 0.29) is 0 Å². The van der Waals surface area contributed by atoms with Gasteiger partial charge in [0.25, 0.3) is 0 Å². The summed E-state index contributed by atoms with van der Waals surface area (Å²) in [5.41, 5.74) is 1.02. The number of sulfonamides is 1. The minimum Gasteiger partial charge on any atom is -0.497 e. The first-order valence-electron chi connectivity index (χ1n) is 7.84. The van der Waals surface area contributed by atoms with Gasteiger partial charge in [-0.05, 0) is 55.6 Å². The lowest BCUT2D eigenvalue weighted by molar-refractivity contribution is -0.116. The van der Waals surface area contributed by atoms with Crippen molar-refractivity contribution in [2.45, 2.75) is 17.9 Å². The van der Waals surface area contributed by atoms with Crippen molar-refractivity contribution in [2.24, 2.45) is 0 Å². The predicted molar refractivity (Wildman–Crippen MR) is 107 cm³/mol. The summed E-state index contributed by atoms with van der Waals surface area (Å²) in [5.74, 6) is 0.192. The summed E-state index contributed by atoms with van der Waals surface area (Å²) < 4.78 is 30.8. The first-order valence-corrected chi connectivity index (χ1v) is 10.9. The molecule has 26 heavy (non-hydrogen) atoms. The zero-order valence-electron chi connectivity index (χ0n) is 15.1. The maximum Gasteiger partial charge on any atom is 0.247 e. The molecule has 0 unspecified atom stereocenters. The van der Waals surface area contributed by atoms with Crippen molar-refractivity contribution in [3.05, 3.63) is 48.5 Å². The maximum absolute atomic E-state index is 12.6. The van der Waals surface area contributed by atoms with Crippen LogP contribution in [0.1, 0.15) is 6.92 Å². The molecule has 0 bridgehead atoms. The molecule has 1 amide bonds. The normalized spacial score (nSPS) is 12.3. The van der Waals surface area contributed by atoms with Crippen molar-refractivity contribution in [3.8, 4) is 5.75 Å². The van der Waals surface area contributed by atoms with E-state index in [0.29, 0.717) is 17.1 Å². The van der Waals surface area contributed by atoms with Crippen LogP contribution in [-0.4, -0.2) is 40.0 Å². The lowest BCUT2D eigenvalue weighted by Crippen LogP contribution is -2.45. The number of hydrogen-bond acceptors (Lipinski definition) is 5. The largest absolute Gasteiger partial charge is 0.497 e. The van der Waals surface area contributed by atoms with Gasteiger partial charge in [-0.2, -0.15) is 0 Å². The van der Waals surface area contributed by atoms with Gasteiger partial charge in [0.2, 0.25) is 15.9 Å². The Labute approximate surface area is 158 Å². The van der Waals surface area contributed by atoms with Gasteiger partial charge in [-0.15, -0.1) is 11.8 Å². The zero-order chi connectivity index (χ0) is 19.3. The van der Waals surface area contributed by atoms with Crippen molar-refractivity contribution in [1.29, 1.82) is 0 Å². The van der Waals surface area contributed by atoms with E-state index in [2.05, 4.69) is 5.32 Å². The smallest absolute Gasteiger partial charge is 0.247 e. The molecule has 0 aromatic heterocycles. The molecule has 0 saturated heterocycles. The number of nitrogens with one attached hydrogen (secondary N) is 1. The third-order valence-electron chi connectivity index (χ3n) is 3.75. The Bertz CT molecular complexity index is 867. The Kier molecular flexibility index (Phi) is 6.55. The average molecular weight is 395 g/mol. The van der Waals surface area contributed by atoms with E-state index in [1.165, 1.54) is 7.11 Å². The first kappa shape index (κ1) is 20.1. The monoisotopic (exact) mass is 394 g/mol. The molecule has 0 spiro atoms. The molecule has 2 rings (SSSR count). The summed E-state index contributed by atoms with van der Waals surface area (Å²) in [7, 11) is -2.13. The summed E-state index contributed by atoms with van der Waals surface area (Å²) in [5, 5.41) is 2.78. The number of rotatable bonds is 7. The Morgan fingerprint density at radius 1 is 1.19 bits per heavy atom. The highest BCUT2D eigenvalue weighted by Gasteiger charge is 2.29. The highest BCUT2D eigenvalue weighted by Crippen LogP contribution is 2.25. The number of hydrogen-bond donors (Lipinski definition) is 1. The third-order valence-corrected chi connectivity index (χ3v) is 5.72. The van der Waals surface area contributed by atoms with Crippen molar-refractivity contribution in [3.63, 3.8) is 0 Å². The second kappa shape index (κ2) is 8.46. The number of thioether (sulfide) groups is 1. The highest BCUT2D eigenvalue weighted by molar-refractivity contribution is 7.98. The minimum absolute atomic E-state index is 0.397. The maximum atomic E-state index is 12.6. The second-order valence-corrected chi connectivity index (χ2v) is 8.39. The molecule has 2 aromatic rings. The number of carbonyl (C=O) groups is 1. The topological polar surface area (TPSA) is 75.7 Å². The molecule has 0 heterocycles. The van der Waals surface area contributed by atoms with Crippen molar-refractivity contribution in [2.75, 3.05) is 29.2 Å². The van der Waals surface area contributed by atoms with Crippen LogP contribution in [-0.2, 0) is 14.8 Å². The highest BCUT2D eigenvalue weighted by atomic mass is 32.2. The van der Waals surface area contributed by atoms with Gasteiger partial charge in [-0.1, -0.05) is 6.07 Å². The van der Waals surface area contributed by atoms with E-state index in [9.17, 15) is 13.2 Å². The standard InChI is InChI=1S/C18H22N2O4S2/c1-13(18(21)19-14-6-5-7-17(12-14)25-3)20(26(4,22)23)15-8-10-16(24-2)11-9-15/h5-13H,1-4H3,(H,19,21)/t13-/m1/s1. The van der Waals surface area contributed by atoms with Gasteiger partial charge in [0.1, 0.15) is 11.8 Å². The molecule has 0 aliphatic heterocycles.